The van der Waals surface area contributed by atoms with Gasteiger partial charge in [0, 0.05) is 13.2 Å². The normalized spacial score (nSPS) is 11.0. The molecule has 6 nitrogen and oxygen atoms in total. The fourth-order valence-electron chi connectivity index (χ4n) is 2.09. The Hall–Kier alpha value is -2.47. The van der Waals surface area contributed by atoms with Gasteiger partial charge in [-0.3, -0.25) is 0 Å². The van der Waals surface area contributed by atoms with Crippen LogP contribution < -0.4 is 5.32 Å². The molecule has 6 heteroatoms. The third-order valence-corrected chi connectivity index (χ3v) is 3.10. The van der Waals surface area contributed by atoms with Gasteiger partial charge in [-0.25, -0.2) is 15.0 Å². The van der Waals surface area contributed by atoms with E-state index in [0.717, 1.165) is 28.2 Å². The molecule has 0 saturated heterocycles. The maximum absolute atomic E-state index is 5.71. The first-order chi connectivity index (χ1) is 10.3. The lowest BCUT2D eigenvalue weighted by Gasteiger charge is -2.04. The van der Waals surface area contributed by atoms with Crippen molar-refractivity contribution in [2.24, 2.45) is 0 Å². The van der Waals surface area contributed by atoms with Gasteiger partial charge >= 0.3 is 0 Å². The second-order valence-electron chi connectivity index (χ2n) is 4.71. The van der Waals surface area contributed by atoms with Crippen molar-refractivity contribution in [2.75, 3.05) is 12.4 Å². The molecule has 3 aromatic rings. The first-order valence-corrected chi connectivity index (χ1v) is 6.65. The van der Waals surface area contributed by atoms with Crippen LogP contribution in [-0.2, 0) is 17.9 Å². The zero-order chi connectivity index (χ0) is 14.7. The van der Waals surface area contributed by atoms with Crippen LogP contribution in [0.3, 0.4) is 0 Å². The van der Waals surface area contributed by atoms with Crippen LogP contribution in [0, 0.1) is 6.92 Å². The molecule has 21 heavy (non-hydrogen) atoms. The number of aryl methyl sites for hydroxylation is 1. The molecular weight excluding hydrogens is 268 g/mol. The SMILES string of the molecule is COCc1cc(NCc2nc3c(C)cccc3o2)ncn1. The number of aromatic nitrogens is 3. The highest BCUT2D eigenvalue weighted by Crippen LogP contribution is 2.19. The number of fused-ring (bicyclic) bond motifs is 1. The summed E-state index contributed by atoms with van der Waals surface area (Å²) in [5, 5.41) is 3.18. The molecule has 0 aliphatic heterocycles. The molecule has 1 N–H and O–H groups in total. The molecule has 0 unspecified atom stereocenters. The molecule has 0 atom stereocenters. The van der Waals surface area contributed by atoms with Crippen molar-refractivity contribution in [1.29, 1.82) is 0 Å². The fraction of sp³-hybridized carbons (Fsp3) is 0.267. The maximum atomic E-state index is 5.71. The van der Waals surface area contributed by atoms with Gasteiger partial charge in [0.15, 0.2) is 5.58 Å². The highest BCUT2D eigenvalue weighted by molar-refractivity contribution is 5.76. The summed E-state index contributed by atoms with van der Waals surface area (Å²) in [4.78, 5) is 12.8. The number of nitrogens with zero attached hydrogens (tertiary/aromatic N) is 3. The Kier molecular flexibility index (Phi) is 3.79. The zero-order valence-corrected chi connectivity index (χ0v) is 12.0. The lowest BCUT2D eigenvalue weighted by molar-refractivity contribution is 0.181. The molecule has 0 aliphatic carbocycles. The summed E-state index contributed by atoms with van der Waals surface area (Å²) in [7, 11) is 1.63. The minimum atomic E-state index is 0.458. The summed E-state index contributed by atoms with van der Waals surface area (Å²) >= 11 is 0. The van der Waals surface area contributed by atoms with Gasteiger partial charge in [-0.05, 0) is 18.6 Å². The van der Waals surface area contributed by atoms with E-state index < -0.39 is 0 Å². The highest BCUT2D eigenvalue weighted by atomic mass is 16.5. The number of ether oxygens (including phenoxy) is 1. The summed E-state index contributed by atoms with van der Waals surface area (Å²) in [6, 6.07) is 7.74. The molecule has 2 aromatic heterocycles. The molecule has 0 aliphatic rings. The van der Waals surface area contributed by atoms with E-state index in [4.69, 9.17) is 9.15 Å². The van der Waals surface area contributed by atoms with E-state index in [1.165, 1.54) is 6.33 Å². The van der Waals surface area contributed by atoms with Crippen molar-refractivity contribution in [3.63, 3.8) is 0 Å². The van der Waals surface area contributed by atoms with Gasteiger partial charge in [0.2, 0.25) is 5.89 Å². The zero-order valence-electron chi connectivity index (χ0n) is 12.0. The quantitative estimate of drug-likeness (QED) is 0.776. The van der Waals surface area contributed by atoms with Crippen molar-refractivity contribution in [3.05, 3.63) is 47.7 Å². The lowest BCUT2D eigenvalue weighted by Crippen LogP contribution is -2.03. The molecule has 1 aromatic carbocycles. The number of methoxy groups -OCH3 is 1. The third-order valence-electron chi connectivity index (χ3n) is 3.10. The van der Waals surface area contributed by atoms with E-state index in [2.05, 4.69) is 20.3 Å². The van der Waals surface area contributed by atoms with Crippen LogP contribution in [0.15, 0.2) is 35.0 Å². The molecule has 0 fully saturated rings. The Morgan fingerprint density at radius 1 is 1.29 bits per heavy atom. The van der Waals surface area contributed by atoms with Crippen molar-refractivity contribution in [1.82, 2.24) is 15.0 Å². The minimum absolute atomic E-state index is 0.458. The second-order valence-corrected chi connectivity index (χ2v) is 4.71. The molecule has 0 saturated carbocycles. The van der Waals surface area contributed by atoms with E-state index in [-0.39, 0.29) is 0 Å². The van der Waals surface area contributed by atoms with Crippen LogP contribution in [-0.4, -0.2) is 22.1 Å². The van der Waals surface area contributed by atoms with Gasteiger partial charge in [-0.15, -0.1) is 0 Å². The summed E-state index contributed by atoms with van der Waals surface area (Å²) in [6.07, 6.45) is 1.51. The van der Waals surface area contributed by atoms with Gasteiger partial charge in [0.25, 0.3) is 0 Å². The number of hydrogen-bond acceptors (Lipinski definition) is 6. The van der Waals surface area contributed by atoms with Crippen LogP contribution >= 0.6 is 0 Å². The van der Waals surface area contributed by atoms with Gasteiger partial charge < -0.3 is 14.5 Å². The summed E-state index contributed by atoms with van der Waals surface area (Å²) in [5.74, 6) is 1.35. The minimum Gasteiger partial charge on any atom is -0.439 e. The largest absolute Gasteiger partial charge is 0.439 e. The van der Waals surface area contributed by atoms with Crippen molar-refractivity contribution in [2.45, 2.75) is 20.1 Å². The van der Waals surface area contributed by atoms with Gasteiger partial charge in [0.1, 0.15) is 17.7 Å². The number of nitrogens with one attached hydrogen (secondary N) is 1. The molecular formula is C15H16N4O2. The number of benzene rings is 1. The molecule has 108 valence electrons. The summed E-state index contributed by atoms with van der Waals surface area (Å²) in [5.41, 5.74) is 3.63. The van der Waals surface area contributed by atoms with E-state index in [1.807, 2.05) is 31.2 Å². The van der Waals surface area contributed by atoms with E-state index >= 15 is 0 Å². The van der Waals surface area contributed by atoms with E-state index in [0.29, 0.717) is 19.0 Å². The third kappa shape index (κ3) is 3.00. The summed E-state index contributed by atoms with van der Waals surface area (Å²) < 4.78 is 10.8. The predicted molar refractivity (Wildman–Crippen MR) is 78.8 cm³/mol. The van der Waals surface area contributed by atoms with Crippen LogP contribution in [0.25, 0.3) is 11.1 Å². The molecule has 2 heterocycles. The smallest absolute Gasteiger partial charge is 0.214 e. The van der Waals surface area contributed by atoms with Crippen LogP contribution in [0.1, 0.15) is 17.1 Å². The van der Waals surface area contributed by atoms with Crippen LogP contribution in [0.4, 0.5) is 5.82 Å². The van der Waals surface area contributed by atoms with Gasteiger partial charge in [0.05, 0.1) is 18.8 Å². The maximum Gasteiger partial charge on any atom is 0.214 e. The first-order valence-electron chi connectivity index (χ1n) is 6.65. The number of rotatable bonds is 5. The Bertz CT molecular complexity index is 754. The standard InChI is InChI=1S/C15H16N4O2/c1-10-4-3-5-12-15(10)19-14(21-12)7-16-13-6-11(8-20-2)17-9-18-13/h3-6,9H,7-8H2,1-2H3,(H,16,17,18). The van der Waals surface area contributed by atoms with Crippen molar-refractivity contribution < 1.29 is 9.15 Å². The van der Waals surface area contributed by atoms with Crippen molar-refractivity contribution >= 4 is 16.9 Å². The topological polar surface area (TPSA) is 73.1 Å². The fourth-order valence-corrected chi connectivity index (χ4v) is 2.09. The van der Waals surface area contributed by atoms with Crippen molar-refractivity contribution in [3.8, 4) is 0 Å². The Morgan fingerprint density at radius 3 is 3.00 bits per heavy atom. The first kappa shape index (κ1) is 13.5. The number of para-hydroxylation sites is 1. The van der Waals surface area contributed by atoms with Crippen LogP contribution in [0.2, 0.25) is 0 Å². The Morgan fingerprint density at radius 2 is 2.19 bits per heavy atom. The number of oxazole rings is 1. The number of anilines is 1. The van der Waals surface area contributed by atoms with Gasteiger partial charge in [-0.1, -0.05) is 12.1 Å². The van der Waals surface area contributed by atoms with Crippen LogP contribution in [0.5, 0.6) is 0 Å². The highest BCUT2D eigenvalue weighted by Gasteiger charge is 2.07. The number of hydrogen-bond donors (Lipinski definition) is 1. The predicted octanol–water partition coefficient (Wildman–Crippen LogP) is 2.68. The van der Waals surface area contributed by atoms with E-state index in [9.17, 15) is 0 Å². The lowest BCUT2D eigenvalue weighted by atomic mass is 10.2. The molecule has 3 rings (SSSR count). The average Bonchev–Trinajstić information content (AvgIpc) is 2.91. The molecule has 0 amide bonds. The average molecular weight is 284 g/mol. The molecule has 0 bridgehead atoms. The molecule has 0 radical (unpaired) electrons. The van der Waals surface area contributed by atoms with Gasteiger partial charge in [-0.2, -0.15) is 0 Å². The summed E-state index contributed by atoms with van der Waals surface area (Å²) in [6.45, 7) is 2.94. The Balaban J connectivity index is 1.74. The second kappa shape index (κ2) is 5.88. The van der Waals surface area contributed by atoms with E-state index in [1.54, 1.807) is 7.11 Å². The molecule has 0 spiro atoms. The monoisotopic (exact) mass is 284 g/mol. The Labute approximate surface area is 122 Å².